The van der Waals surface area contributed by atoms with Crippen LogP contribution in [0.1, 0.15) is 31.9 Å². The molecule has 30 heavy (non-hydrogen) atoms. The summed E-state index contributed by atoms with van der Waals surface area (Å²) in [6.45, 7) is 9.04. The van der Waals surface area contributed by atoms with Crippen LogP contribution in [0.15, 0.2) is 89.3 Å². The Kier molecular flexibility index (Phi) is 4.29. The first-order valence-electron chi connectivity index (χ1n) is 10.5. The van der Waals surface area contributed by atoms with E-state index >= 15 is 0 Å². The summed E-state index contributed by atoms with van der Waals surface area (Å²) in [7, 11) is 0. The molecule has 5 rings (SSSR count). The van der Waals surface area contributed by atoms with E-state index in [0.29, 0.717) is 0 Å². The molecule has 4 aromatic carbocycles. The van der Waals surface area contributed by atoms with E-state index in [1.807, 2.05) is 0 Å². The van der Waals surface area contributed by atoms with Crippen LogP contribution in [0.2, 0.25) is 0 Å². The highest BCUT2D eigenvalue weighted by Crippen LogP contribution is 2.45. The van der Waals surface area contributed by atoms with Crippen LogP contribution in [0, 0.1) is 6.92 Å². The second kappa shape index (κ2) is 6.88. The van der Waals surface area contributed by atoms with Gasteiger partial charge in [0, 0.05) is 10.8 Å². The van der Waals surface area contributed by atoms with Crippen molar-refractivity contribution in [3.63, 3.8) is 0 Å². The fourth-order valence-electron chi connectivity index (χ4n) is 4.60. The molecule has 0 fully saturated rings. The molecule has 1 nitrogen and oxygen atoms in total. The van der Waals surface area contributed by atoms with Crippen LogP contribution in [-0.2, 0) is 5.41 Å². The molecule has 148 valence electrons. The molecule has 0 aliphatic carbocycles. The smallest absolute Gasteiger partial charge is 0.136 e. The van der Waals surface area contributed by atoms with Gasteiger partial charge in [-0.25, -0.2) is 0 Å². The van der Waals surface area contributed by atoms with Gasteiger partial charge < -0.3 is 4.42 Å². The molecule has 0 saturated carbocycles. The fourth-order valence-corrected chi connectivity index (χ4v) is 4.60. The third kappa shape index (κ3) is 3.02. The molecule has 1 aromatic heterocycles. The second-order valence-corrected chi connectivity index (χ2v) is 9.13. The van der Waals surface area contributed by atoms with Crippen molar-refractivity contribution in [2.75, 3.05) is 0 Å². The highest BCUT2D eigenvalue weighted by molar-refractivity contribution is 6.15. The number of aryl methyl sites for hydroxylation is 1. The minimum Gasteiger partial charge on any atom is -0.456 e. The lowest BCUT2D eigenvalue weighted by molar-refractivity contribution is 0.596. The van der Waals surface area contributed by atoms with Crippen molar-refractivity contribution in [3.05, 3.63) is 96.1 Å². The summed E-state index contributed by atoms with van der Waals surface area (Å²) in [5.41, 5.74) is 9.44. The lowest BCUT2D eigenvalue weighted by Gasteiger charge is -2.25. The summed E-state index contributed by atoms with van der Waals surface area (Å²) in [5.74, 6) is 0. The predicted octanol–water partition coefficient (Wildman–Crippen LogP) is 8.53. The topological polar surface area (TPSA) is 13.1 Å². The molecule has 0 saturated heterocycles. The molecule has 0 bridgehead atoms. The molecule has 0 radical (unpaired) electrons. The van der Waals surface area contributed by atoms with Crippen LogP contribution in [0.25, 0.3) is 44.2 Å². The standard InChI is InChI=1S/C29H26O/c1-19-10-8-13-21(18-19)23-16-17-25-27(28(23)29(2,3)4)26-22(14-9-15-24(26)30-25)20-11-6-5-7-12-20/h5-18H,1-4H3. The molecule has 0 aliphatic heterocycles. The third-order valence-corrected chi connectivity index (χ3v) is 5.83. The van der Waals surface area contributed by atoms with Gasteiger partial charge in [-0.1, -0.05) is 99.1 Å². The summed E-state index contributed by atoms with van der Waals surface area (Å²) < 4.78 is 6.37. The largest absolute Gasteiger partial charge is 0.456 e. The zero-order valence-corrected chi connectivity index (χ0v) is 18.0. The summed E-state index contributed by atoms with van der Waals surface area (Å²) in [5, 5.41) is 2.44. The average molecular weight is 391 g/mol. The minimum absolute atomic E-state index is 0.0425. The van der Waals surface area contributed by atoms with Gasteiger partial charge in [0.05, 0.1) is 0 Å². The summed E-state index contributed by atoms with van der Waals surface area (Å²) >= 11 is 0. The van der Waals surface area contributed by atoms with E-state index in [1.54, 1.807) is 0 Å². The predicted molar refractivity (Wildman–Crippen MR) is 128 cm³/mol. The van der Waals surface area contributed by atoms with Crippen LogP contribution >= 0.6 is 0 Å². The van der Waals surface area contributed by atoms with Gasteiger partial charge in [0.25, 0.3) is 0 Å². The first-order valence-corrected chi connectivity index (χ1v) is 10.5. The monoisotopic (exact) mass is 390 g/mol. The molecule has 0 unspecified atom stereocenters. The quantitative estimate of drug-likeness (QED) is 0.294. The first kappa shape index (κ1) is 18.7. The summed E-state index contributed by atoms with van der Waals surface area (Å²) in [6, 6.07) is 30.1. The number of benzene rings is 4. The zero-order valence-electron chi connectivity index (χ0n) is 18.0. The van der Waals surface area contributed by atoms with Crippen molar-refractivity contribution >= 4 is 21.9 Å². The molecule has 0 atom stereocenters. The Morgan fingerprint density at radius 2 is 1.30 bits per heavy atom. The Labute approximate surface area is 178 Å². The second-order valence-electron chi connectivity index (χ2n) is 9.13. The van der Waals surface area contributed by atoms with E-state index in [4.69, 9.17) is 4.42 Å². The molecular formula is C29H26O. The van der Waals surface area contributed by atoms with E-state index < -0.39 is 0 Å². The molecule has 0 spiro atoms. The van der Waals surface area contributed by atoms with Crippen molar-refractivity contribution in [2.45, 2.75) is 33.1 Å². The van der Waals surface area contributed by atoms with Gasteiger partial charge in [0.2, 0.25) is 0 Å². The van der Waals surface area contributed by atoms with Gasteiger partial charge in [-0.05, 0) is 52.3 Å². The van der Waals surface area contributed by atoms with Crippen molar-refractivity contribution in [3.8, 4) is 22.3 Å². The Hall–Kier alpha value is -3.32. The highest BCUT2D eigenvalue weighted by atomic mass is 16.3. The number of hydrogen-bond donors (Lipinski definition) is 0. The fraction of sp³-hybridized carbons (Fsp3) is 0.172. The van der Waals surface area contributed by atoms with Crippen LogP contribution in [0.5, 0.6) is 0 Å². The Morgan fingerprint density at radius 1 is 0.600 bits per heavy atom. The lowest BCUT2D eigenvalue weighted by atomic mass is 9.78. The molecular weight excluding hydrogens is 364 g/mol. The van der Waals surface area contributed by atoms with E-state index in [1.165, 1.54) is 44.2 Å². The Morgan fingerprint density at radius 3 is 2.03 bits per heavy atom. The molecule has 1 heterocycles. The van der Waals surface area contributed by atoms with Gasteiger partial charge in [0.15, 0.2) is 0 Å². The van der Waals surface area contributed by atoms with E-state index in [2.05, 4.69) is 113 Å². The maximum absolute atomic E-state index is 6.37. The molecule has 0 amide bonds. The van der Waals surface area contributed by atoms with Gasteiger partial charge >= 0.3 is 0 Å². The van der Waals surface area contributed by atoms with Gasteiger partial charge in [-0.2, -0.15) is 0 Å². The number of rotatable bonds is 2. The Bertz CT molecular complexity index is 1360. The maximum atomic E-state index is 6.37. The lowest BCUT2D eigenvalue weighted by Crippen LogP contribution is -2.13. The molecule has 0 aliphatic rings. The normalized spacial score (nSPS) is 12.0. The number of fused-ring (bicyclic) bond motifs is 3. The van der Waals surface area contributed by atoms with Crippen LogP contribution in [0.4, 0.5) is 0 Å². The van der Waals surface area contributed by atoms with Crippen LogP contribution in [0.3, 0.4) is 0 Å². The third-order valence-electron chi connectivity index (χ3n) is 5.83. The molecule has 5 aromatic rings. The SMILES string of the molecule is Cc1cccc(-c2ccc3oc4cccc(-c5ccccc5)c4c3c2C(C)(C)C)c1. The minimum atomic E-state index is -0.0425. The average Bonchev–Trinajstić information content (AvgIpc) is 3.11. The zero-order chi connectivity index (χ0) is 20.9. The van der Waals surface area contributed by atoms with Crippen LogP contribution < -0.4 is 0 Å². The van der Waals surface area contributed by atoms with Gasteiger partial charge in [0.1, 0.15) is 11.2 Å². The van der Waals surface area contributed by atoms with E-state index in [9.17, 15) is 0 Å². The molecule has 1 heteroatoms. The number of hydrogen-bond acceptors (Lipinski definition) is 1. The maximum Gasteiger partial charge on any atom is 0.136 e. The summed E-state index contributed by atoms with van der Waals surface area (Å²) in [4.78, 5) is 0. The van der Waals surface area contributed by atoms with Gasteiger partial charge in [-0.3, -0.25) is 0 Å². The van der Waals surface area contributed by atoms with E-state index in [0.717, 1.165) is 11.2 Å². The highest BCUT2D eigenvalue weighted by Gasteiger charge is 2.26. The first-order chi connectivity index (χ1) is 14.4. The summed E-state index contributed by atoms with van der Waals surface area (Å²) in [6.07, 6.45) is 0. The number of furan rings is 1. The van der Waals surface area contributed by atoms with E-state index in [-0.39, 0.29) is 5.41 Å². The van der Waals surface area contributed by atoms with Crippen molar-refractivity contribution < 1.29 is 4.42 Å². The Balaban J connectivity index is 1.95. The molecule has 0 N–H and O–H groups in total. The van der Waals surface area contributed by atoms with Gasteiger partial charge in [-0.15, -0.1) is 0 Å². The van der Waals surface area contributed by atoms with Crippen LogP contribution in [-0.4, -0.2) is 0 Å². The van der Waals surface area contributed by atoms with Crippen molar-refractivity contribution in [1.29, 1.82) is 0 Å². The van der Waals surface area contributed by atoms with Crippen molar-refractivity contribution in [2.24, 2.45) is 0 Å². The van der Waals surface area contributed by atoms with Crippen molar-refractivity contribution in [1.82, 2.24) is 0 Å².